The van der Waals surface area contributed by atoms with Crippen LogP contribution in [0.2, 0.25) is 0 Å². The zero-order chi connectivity index (χ0) is 18.2. The van der Waals surface area contributed by atoms with Crippen LogP contribution in [0.15, 0.2) is 48.5 Å². The number of carbonyl (C=O) groups excluding carboxylic acids is 1. The van der Waals surface area contributed by atoms with E-state index < -0.39 is 18.3 Å². The fourth-order valence-electron chi connectivity index (χ4n) is 2.06. The first kappa shape index (κ1) is 18.4. The molecule has 0 aliphatic rings. The van der Waals surface area contributed by atoms with Crippen molar-refractivity contribution in [2.45, 2.75) is 13.2 Å². The van der Waals surface area contributed by atoms with E-state index in [-0.39, 0.29) is 18.0 Å². The summed E-state index contributed by atoms with van der Waals surface area (Å²) in [5.41, 5.74) is 0.898. The van der Waals surface area contributed by atoms with Gasteiger partial charge in [0.1, 0.15) is 5.75 Å². The Labute approximate surface area is 142 Å². The van der Waals surface area contributed by atoms with Crippen LogP contribution in [0.5, 0.6) is 11.5 Å². The number of hydrogen-bond donors (Lipinski definition) is 1. The van der Waals surface area contributed by atoms with Crippen LogP contribution in [0.4, 0.5) is 13.2 Å². The van der Waals surface area contributed by atoms with Gasteiger partial charge in [-0.05, 0) is 29.8 Å². The molecule has 1 amide bonds. The summed E-state index contributed by atoms with van der Waals surface area (Å²) in [7, 11) is 1.36. The van der Waals surface area contributed by atoms with E-state index in [1.165, 1.54) is 37.5 Å². The monoisotopic (exact) mass is 351 g/mol. The number of carbonyl (C=O) groups is 1. The number of nitrogens with one attached hydrogen (secondary N) is 1. The van der Waals surface area contributed by atoms with Crippen LogP contribution < -0.4 is 14.8 Å². The number of para-hydroxylation sites is 1. The first-order valence-corrected chi connectivity index (χ1v) is 7.31. The first-order chi connectivity index (χ1) is 12.0. The number of amides is 1. The quantitative estimate of drug-likeness (QED) is 0.773. The molecule has 0 aliphatic heterocycles. The number of rotatable bonds is 7. The molecular weight excluding hydrogens is 335 g/mol. The molecule has 0 aliphatic carbocycles. The minimum Gasteiger partial charge on any atom is -0.494 e. The van der Waals surface area contributed by atoms with Crippen molar-refractivity contribution < 1.29 is 27.4 Å². The highest BCUT2D eigenvalue weighted by Gasteiger charge is 2.09. The molecule has 2 aromatic carbocycles. The van der Waals surface area contributed by atoms with Gasteiger partial charge in [-0.15, -0.1) is 0 Å². The standard InChI is InChI=1S/C18H16F3NO3/c1-24-16-8-6-12(10-14(16)19)7-9-17(23)22-11-13-4-2-3-5-15(13)25-18(20)21/h2-10,18H,11H2,1H3,(H,22,23). The van der Waals surface area contributed by atoms with Crippen LogP contribution >= 0.6 is 0 Å². The van der Waals surface area contributed by atoms with Gasteiger partial charge in [0.2, 0.25) is 5.91 Å². The van der Waals surface area contributed by atoms with E-state index >= 15 is 0 Å². The Bertz CT molecular complexity index is 763. The van der Waals surface area contributed by atoms with Crippen LogP contribution in [-0.2, 0) is 11.3 Å². The van der Waals surface area contributed by atoms with E-state index in [0.29, 0.717) is 11.1 Å². The summed E-state index contributed by atoms with van der Waals surface area (Å²) in [5, 5.41) is 2.55. The number of alkyl halides is 2. The molecule has 0 bridgehead atoms. The summed E-state index contributed by atoms with van der Waals surface area (Å²) in [6.45, 7) is -2.93. The minimum absolute atomic E-state index is 0.000921. The van der Waals surface area contributed by atoms with Gasteiger partial charge in [0.25, 0.3) is 0 Å². The molecule has 0 aromatic heterocycles. The van der Waals surface area contributed by atoms with Crippen LogP contribution in [-0.4, -0.2) is 19.6 Å². The van der Waals surface area contributed by atoms with Crippen molar-refractivity contribution in [2.24, 2.45) is 0 Å². The Balaban J connectivity index is 1.96. The van der Waals surface area contributed by atoms with Crippen molar-refractivity contribution >= 4 is 12.0 Å². The van der Waals surface area contributed by atoms with Gasteiger partial charge in [-0.25, -0.2) is 4.39 Å². The maximum Gasteiger partial charge on any atom is 0.387 e. The van der Waals surface area contributed by atoms with Crippen LogP contribution in [0.25, 0.3) is 6.08 Å². The van der Waals surface area contributed by atoms with Crippen molar-refractivity contribution in [3.8, 4) is 11.5 Å². The molecule has 0 atom stereocenters. The fraction of sp³-hybridized carbons (Fsp3) is 0.167. The lowest BCUT2D eigenvalue weighted by molar-refractivity contribution is -0.116. The largest absolute Gasteiger partial charge is 0.494 e. The molecule has 0 spiro atoms. The molecule has 1 N–H and O–H groups in total. The van der Waals surface area contributed by atoms with Gasteiger partial charge >= 0.3 is 6.61 Å². The normalized spacial score (nSPS) is 10.9. The lowest BCUT2D eigenvalue weighted by Crippen LogP contribution is -2.21. The predicted molar refractivity (Wildman–Crippen MR) is 86.9 cm³/mol. The molecule has 2 rings (SSSR count). The highest BCUT2D eigenvalue weighted by molar-refractivity contribution is 5.91. The van der Waals surface area contributed by atoms with Gasteiger partial charge in [0.15, 0.2) is 11.6 Å². The summed E-state index contributed by atoms with van der Waals surface area (Å²) >= 11 is 0. The van der Waals surface area contributed by atoms with Crippen molar-refractivity contribution in [1.82, 2.24) is 5.32 Å². The second-order valence-corrected chi connectivity index (χ2v) is 4.93. The first-order valence-electron chi connectivity index (χ1n) is 7.31. The average Bonchev–Trinajstić information content (AvgIpc) is 2.59. The number of halogens is 3. The molecule has 2 aromatic rings. The molecule has 25 heavy (non-hydrogen) atoms. The van der Waals surface area contributed by atoms with Gasteiger partial charge in [0, 0.05) is 18.2 Å². The predicted octanol–water partition coefficient (Wildman–Crippen LogP) is 3.77. The van der Waals surface area contributed by atoms with E-state index in [1.54, 1.807) is 24.3 Å². The van der Waals surface area contributed by atoms with Gasteiger partial charge in [-0.1, -0.05) is 24.3 Å². The van der Waals surface area contributed by atoms with Crippen molar-refractivity contribution in [3.05, 3.63) is 65.5 Å². The van der Waals surface area contributed by atoms with Crippen LogP contribution in [0.1, 0.15) is 11.1 Å². The van der Waals surface area contributed by atoms with E-state index in [2.05, 4.69) is 10.1 Å². The molecule has 0 heterocycles. The minimum atomic E-state index is -2.94. The van der Waals surface area contributed by atoms with E-state index in [0.717, 1.165) is 0 Å². The summed E-state index contributed by atoms with van der Waals surface area (Å²) in [6, 6.07) is 10.4. The van der Waals surface area contributed by atoms with Gasteiger partial charge in [-0.2, -0.15) is 8.78 Å². The zero-order valence-electron chi connectivity index (χ0n) is 13.3. The van der Waals surface area contributed by atoms with Gasteiger partial charge in [-0.3, -0.25) is 4.79 Å². The Kier molecular flexibility index (Phi) is 6.45. The second-order valence-electron chi connectivity index (χ2n) is 4.93. The number of ether oxygens (including phenoxy) is 2. The van der Waals surface area contributed by atoms with Crippen molar-refractivity contribution in [1.29, 1.82) is 0 Å². The van der Waals surface area contributed by atoms with Crippen LogP contribution in [0, 0.1) is 5.82 Å². The molecule has 0 saturated carbocycles. The Morgan fingerprint density at radius 2 is 1.96 bits per heavy atom. The fourth-order valence-corrected chi connectivity index (χ4v) is 2.06. The summed E-state index contributed by atoms with van der Waals surface area (Å²) < 4.78 is 47.4. The van der Waals surface area contributed by atoms with Crippen molar-refractivity contribution in [3.63, 3.8) is 0 Å². The summed E-state index contributed by atoms with van der Waals surface area (Å²) in [6.07, 6.45) is 2.65. The molecule has 0 unspecified atom stereocenters. The molecule has 132 valence electrons. The molecule has 4 nitrogen and oxygen atoms in total. The second kappa shape index (κ2) is 8.77. The van der Waals surface area contributed by atoms with Crippen molar-refractivity contribution in [2.75, 3.05) is 7.11 Å². The Hall–Kier alpha value is -2.96. The third-order valence-corrected chi connectivity index (χ3v) is 3.24. The Morgan fingerprint density at radius 1 is 1.20 bits per heavy atom. The number of methoxy groups -OCH3 is 1. The SMILES string of the molecule is COc1ccc(C=CC(=O)NCc2ccccc2OC(F)F)cc1F. The maximum absolute atomic E-state index is 13.6. The topological polar surface area (TPSA) is 47.6 Å². The van der Waals surface area contributed by atoms with Gasteiger partial charge < -0.3 is 14.8 Å². The maximum atomic E-state index is 13.6. The lowest BCUT2D eigenvalue weighted by Gasteiger charge is -2.10. The highest BCUT2D eigenvalue weighted by Crippen LogP contribution is 2.20. The molecule has 0 fully saturated rings. The molecule has 7 heteroatoms. The summed E-state index contributed by atoms with van der Waals surface area (Å²) in [5.74, 6) is -0.887. The third kappa shape index (κ3) is 5.56. The number of hydrogen-bond acceptors (Lipinski definition) is 3. The molecule has 0 radical (unpaired) electrons. The van der Waals surface area contributed by atoms with E-state index in [9.17, 15) is 18.0 Å². The Morgan fingerprint density at radius 3 is 2.64 bits per heavy atom. The summed E-state index contributed by atoms with van der Waals surface area (Å²) in [4.78, 5) is 11.8. The van der Waals surface area contributed by atoms with Gasteiger partial charge in [0.05, 0.1) is 7.11 Å². The highest BCUT2D eigenvalue weighted by atomic mass is 19.3. The molecule has 0 saturated heterocycles. The van der Waals surface area contributed by atoms with Crippen LogP contribution in [0.3, 0.4) is 0 Å². The third-order valence-electron chi connectivity index (χ3n) is 3.24. The smallest absolute Gasteiger partial charge is 0.387 e. The molecular formula is C18H16F3NO3. The van der Waals surface area contributed by atoms with E-state index in [1.807, 2.05) is 0 Å². The van der Waals surface area contributed by atoms with E-state index in [4.69, 9.17) is 4.74 Å². The number of benzene rings is 2. The average molecular weight is 351 g/mol. The zero-order valence-corrected chi connectivity index (χ0v) is 13.3. The lowest BCUT2D eigenvalue weighted by atomic mass is 10.2.